The van der Waals surface area contributed by atoms with Crippen LogP contribution < -0.4 is 4.74 Å². The molecule has 20 heavy (non-hydrogen) atoms. The molecule has 3 nitrogen and oxygen atoms in total. The average molecular weight is 271 g/mol. The molecule has 106 valence electrons. The summed E-state index contributed by atoms with van der Waals surface area (Å²) in [6.45, 7) is 6.66. The van der Waals surface area contributed by atoms with Gasteiger partial charge in [-0.25, -0.2) is 0 Å². The predicted molar refractivity (Wildman–Crippen MR) is 80.0 cm³/mol. The molecule has 1 aromatic carbocycles. The van der Waals surface area contributed by atoms with E-state index in [0.717, 1.165) is 28.9 Å². The van der Waals surface area contributed by atoms with E-state index in [9.17, 15) is 5.11 Å². The zero-order valence-electron chi connectivity index (χ0n) is 12.3. The third kappa shape index (κ3) is 3.17. The molecule has 3 heteroatoms. The van der Waals surface area contributed by atoms with Crippen molar-refractivity contribution in [1.82, 2.24) is 4.98 Å². The van der Waals surface area contributed by atoms with Gasteiger partial charge in [-0.3, -0.25) is 4.98 Å². The lowest BCUT2D eigenvalue weighted by Gasteiger charge is -2.17. The van der Waals surface area contributed by atoms with Crippen molar-refractivity contribution in [3.05, 3.63) is 58.9 Å². The molecule has 0 saturated heterocycles. The maximum Gasteiger partial charge on any atom is 0.125 e. The van der Waals surface area contributed by atoms with Crippen molar-refractivity contribution in [2.75, 3.05) is 6.61 Å². The third-order valence-corrected chi connectivity index (χ3v) is 3.19. The minimum atomic E-state index is -0.761. The Morgan fingerprint density at radius 2 is 2.00 bits per heavy atom. The first-order chi connectivity index (χ1) is 9.63. The van der Waals surface area contributed by atoms with Crippen molar-refractivity contribution < 1.29 is 9.84 Å². The first kappa shape index (κ1) is 14.5. The molecule has 0 aliphatic carbocycles. The molecule has 0 amide bonds. The molecule has 1 N–H and O–H groups in total. The molecule has 0 radical (unpaired) electrons. The number of para-hydroxylation sites is 1. The molecule has 2 rings (SSSR count). The van der Waals surface area contributed by atoms with Gasteiger partial charge in [0.25, 0.3) is 0 Å². The molecule has 0 saturated carbocycles. The smallest absolute Gasteiger partial charge is 0.125 e. The Kier molecular flexibility index (Phi) is 4.74. The minimum Gasteiger partial charge on any atom is -0.493 e. The summed E-state index contributed by atoms with van der Waals surface area (Å²) < 4.78 is 5.70. The van der Waals surface area contributed by atoms with Crippen LogP contribution >= 0.6 is 0 Å². The van der Waals surface area contributed by atoms with Gasteiger partial charge in [0.15, 0.2) is 0 Å². The van der Waals surface area contributed by atoms with E-state index in [1.54, 1.807) is 6.20 Å². The van der Waals surface area contributed by atoms with Crippen molar-refractivity contribution in [3.63, 3.8) is 0 Å². The summed E-state index contributed by atoms with van der Waals surface area (Å²) in [5, 5.41) is 10.6. The first-order valence-corrected chi connectivity index (χ1v) is 6.96. The van der Waals surface area contributed by atoms with Crippen LogP contribution in [-0.2, 0) is 0 Å². The maximum atomic E-state index is 10.6. The maximum absolute atomic E-state index is 10.6. The van der Waals surface area contributed by atoms with Crippen molar-refractivity contribution >= 4 is 0 Å². The Balaban J connectivity index is 2.35. The molecule has 1 atom stereocenters. The largest absolute Gasteiger partial charge is 0.493 e. The molecule has 0 aliphatic heterocycles. The highest BCUT2D eigenvalue weighted by Crippen LogP contribution is 2.30. The average Bonchev–Trinajstić information content (AvgIpc) is 2.45. The Bertz CT molecular complexity index is 581. The van der Waals surface area contributed by atoms with Gasteiger partial charge >= 0.3 is 0 Å². The number of aryl methyl sites for hydroxylation is 2. The van der Waals surface area contributed by atoms with Crippen LogP contribution in [0.5, 0.6) is 5.75 Å². The van der Waals surface area contributed by atoms with Crippen molar-refractivity contribution in [2.45, 2.75) is 33.3 Å². The third-order valence-electron chi connectivity index (χ3n) is 3.19. The molecule has 1 aromatic heterocycles. The van der Waals surface area contributed by atoms with Gasteiger partial charge in [0.05, 0.1) is 12.3 Å². The van der Waals surface area contributed by atoms with Crippen LogP contribution in [0.15, 0.2) is 36.5 Å². The summed E-state index contributed by atoms with van der Waals surface area (Å²) in [5.41, 5.74) is 3.53. The SMILES string of the molecule is CCCOc1ccccc1C(O)c1ncc(C)cc1C. The summed E-state index contributed by atoms with van der Waals surface area (Å²) in [5.74, 6) is 0.726. The number of aromatic nitrogens is 1. The summed E-state index contributed by atoms with van der Waals surface area (Å²) >= 11 is 0. The Morgan fingerprint density at radius 1 is 1.25 bits per heavy atom. The van der Waals surface area contributed by atoms with E-state index in [1.165, 1.54) is 0 Å². The summed E-state index contributed by atoms with van der Waals surface area (Å²) in [6.07, 6.45) is 1.96. The highest BCUT2D eigenvalue weighted by molar-refractivity contribution is 5.40. The zero-order valence-corrected chi connectivity index (χ0v) is 12.3. The summed E-state index contributed by atoms with van der Waals surface area (Å²) in [4.78, 5) is 4.37. The van der Waals surface area contributed by atoms with Crippen LogP contribution in [0.1, 0.15) is 41.8 Å². The number of aliphatic hydroxyl groups is 1. The minimum absolute atomic E-state index is 0.643. The zero-order chi connectivity index (χ0) is 14.5. The monoisotopic (exact) mass is 271 g/mol. The van der Waals surface area contributed by atoms with E-state index >= 15 is 0 Å². The van der Waals surface area contributed by atoms with Gasteiger partial charge in [-0.1, -0.05) is 31.2 Å². The lowest BCUT2D eigenvalue weighted by molar-refractivity contribution is 0.205. The van der Waals surface area contributed by atoms with Gasteiger partial charge < -0.3 is 9.84 Å². The highest BCUT2D eigenvalue weighted by Gasteiger charge is 2.18. The first-order valence-electron chi connectivity index (χ1n) is 6.96. The number of benzene rings is 1. The van der Waals surface area contributed by atoms with Crippen LogP contribution in [0, 0.1) is 13.8 Å². The fraction of sp³-hybridized carbons (Fsp3) is 0.353. The van der Waals surface area contributed by atoms with Crippen LogP contribution in [0.3, 0.4) is 0 Å². The molecule has 0 bridgehead atoms. The number of aliphatic hydroxyl groups excluding tert-OH is 1. The number of nitrogens with zero attached hydrogens (tertiary/aromatic N) is 1. The second-order valence-corrected chi connectivity index (χ2v) is 5.00. The second kappa shape index (κ2) is 6.53. The van der Waals surface area contributed by atoms with Gasteiger partial charge in [0, 0.05) is 11.8 Å². The quantitative estimate of drug-likeness (QED) is 0.904. The van der Waals surface area contributed by atoms with Gasteiger partial charge in [0.1, 0.15) is 11.9 Å². The number of pyridine rings is 1. The van der Waals surface area contributed by atoms with Crippen molar-refractivity contribution in [3.8, 4) is 5.75 Å². The molecular formula is C17H21NO2. The fourth-order valence-electron chi connectivity index (χ4n) is 2.21. The number of hydrogen-bond donors (Lipinski definition) is 1. The standard InChI is InChI=1S/C17H21NO2/c1-4-9-20-15-8-6-5-7-14(15)17(19)16-13(3)10-12(2)11-18-16/h5-8,10-11,17,19H,4,9H2,1-3H3. The lowest BCUT2D eigenvalue weighted by atomic mass is 10.0. The van der Waals surface area contributed by atoms with Gasteiger partial charge in [-0.15, -0.1) is 0 Å². The molecule has 0 aliphatic rings. The van der Waals surface area contributed by atoms with Crippen LogP contribution in [0.25, 0.3) is 0 Å². The Hall–Kier alpha value is -1.87. The Labute approximate surface area is 120 Å². The van der Waals surface area contributed by atoms with Crippen molar-refractivity contribution in [1.29, 1.82) is 0 Å². The van der Waals surface area contributed by atoms with Crippen LogP contribution in [-0.4, -0.2) is 16.7 Å². The summed E-state index contributed by atoms with van der Waals surface area (Å²) in [7, 11) is 0. The van der Waals surface area contributed by atoms with E-state index in [1.807, 2.05) is 44.2 Å². The van der Waals surface area contributed by atoms with Crippen LogP contribution in [0.4, 0.5) is 0 Å². The van der Waals surface area contributed by atoms with Gasteiger partial charge in [0.2, 0.25) is 0 Å². The number of hydrogen-bond acceptors (Lipinski definition) is 3. The normalized spacial score (nSPS) is 12.2. The molecule has 0 fully saturated rings. The second-order valence-electron chi connectivity index (χ2n) is 5.00. The highest BCUT2D eigenvalue weighted by atomic mass is 16.5. The molecular weight excluding hydrogens is 250 g/mol. The Morgan fingerprint density at radius 3 is 2.70 bits per heavy atom. The number of rotatable bonds is 5. The van der Waals surface area contributed by atoms with E-state index in [-0.39, 0.29) is 0 Å². The van der Waals surface area contributed by atoms with Gasteiger partial charge in [-0.05, 0) is 37.5 Å². The molecule has 0 spiro atoms. The molecule has 1 heterocycles. The summed E-state index contributed by atoms with van der Waals surface area (Å²) in [6, 6.07) is 9.62. The van der Waals surface area contributed by atoms with E-state index in [0.29, 0.717) is 12.3 Å². The predicted octanol–water partition coefficient (Wildman–Crippen LogP) is 3.57. The molecule has 2 aromatic rings. The van der Waals surface area contributed by atoms with Crippen LogP contribution in [0.2, 0.25) is 0 Å². The lowest BCUT2D eigenvalue weighted by Crippen LogP contribution is -2.08. The van der Waals surface area contributed by atoms with E-state index < -0.39 is 6.10 Å². The molecule has 1 unspecified atom stereocenters. The van der Waals surface area contributed by atoms with E-state index in [4.69, 9.17) is 4.74 Å². The fourth-order valence-corrected chi connectivity index (χ4v) is 2.21. The number of ether oxygens (including phenoxy) is 1. The van der Waals surface area contributed by atoms with Gasteiger partial charge in [-0.2, -0.15) is 0 Å². The van der Waals surface area contributed by atoms with Crippen molar-refractivity contribution in [2.24, 2.45) is 0 Å². The van der Waals surface area contributed by atoms with E-state index in [2.05, 4.69) is 11.9 Å². The topological polar surface area (TPSA) is 42.4 Å².